The highest BCUT2D eigenvalue weighted by Gasteiger charge is 2.34. The Balaban J connectivity index is 1.21. The van der Waals surface area contributed by atoms with Crippen molar-refractivity contribution in [3.8, 4) is 0 Å². The van der Waals surface area contributed by atoms with Crippen molar-refractivity contribution in [1.82, 2.24) is 24.5 Å². The number of likely N-dealkylation sites (tertiary alicyclic amines) is 3. The summed E-state index contributed by atoms with van der Waals surface area (Å²) >= 11 is 0. The Morgan fingerprint density at radius 3 is 2.52 bits per heavy atom. The van der Waals surface area contributed by atoms with Gasteiger partial charge in [-0.3, -0.25) is 24.1 Å². The summed E-state index contributed by atoms with van der Waals surface area (Å²) in [4.78, 5) is 31.9. The number of carbonyl (C=O) groups excluding carboxylic acids is 2. The molecule has 0 bridgehead atoms. The average Bonchev–Trinajstić information content (AvgIpc) is 3.40. The quantitative estimate of drug-likeness (QED) is 0.800. The lowest BCUT2D eigenvalue weighted by molar-refractivity contribution is -0.136. The van der Waals surface area contributed by atoms with Crippen LogP contribution < -0.4 is 5.32 Å². The zero-order valence-corrected chi connectivity index (χ0v) is 17.6. The van der Waals surface area contributed by atoms with Gasteiger partial charge in [0.25, 0.3) is 0 Å². The van der Waals surface area contributed by atoms with Crippen LogP contribution in [-0.2, 0) is 16.6 Å². The Bertz CT molecular complexity index is 706. The molecule has 8 heteroatoms. The molecule has 0 aromatic carbocycles. The molecule has 3 aliphatic heterocycles. The maximum absolute atomic E-state index is 12.8. The van der Waals surface area contributed by atoms with Gasteiger partial charge in [-0.15, -0.1) is 0 Å². The van der Waals surface area contributed by atoms with E-state index in [2.05, 4.69) is 25.1 Å². The van der Waals surface area contributed by atoms with Crippen LogP contribution in [0, 0.1) is 5.92 Å². The number of carbonyl (C=O) groups is 2. The number of piperidine rings is 2. The number of nitrogens with one attached hydrogen (secondary N) is 1. The van der Waals surface area contributed by atoms with Gasteiger partial charge in [0.1, 0.15) is 0 Å². The van der Waals surface area contributed by atoms with E-state index in [-0.39, 0.29) is 11.8 Å². The number of nitrogens with zero attached hydrogens (tertiary/aromatic N) is 5. The second kappa shape index (κ2) is 9.26. The van der Waals surface area contributed by atoms with Crippen molar-refractivity contribution in [2.24, 2.45) is 13.0 Å². The van der Waals surface area contributed by atoms with E-state index in [0.29, 0.717) is 24.3 Å². The molecule has 1 aromatic rings. The molecule has 29 heavy (non-hydrogen) atoms. The van der Waals surface area contributed by atoms with Crippen LogP contribution >= 0.6 is 0 Å². The van der Waals surface area contributed by atoms with Crippen LogP contribution in [0.2, 0.25) is 0 Å². The van der Waals surface area contributed by atoms with Gasteiger partial charge >= 0.3 is 0 Å². The molecule has 0 spiro atoms. The summed E-state index contributed by atoms with van der Waals surface area (Å²) in [6, 6.07) is 2.35. The zero-order valence-electron chi connectivity index (χ0n) is 17.6. The molecule has 3 saturated heterocycles. The zero-order chi connectivity index (χ0) is 20.2. The second-order valence-corrected chi connectivity index (χ2v) is 8.80. The summed E-state index contributed by atoms with van der Waals surface area (Å²) in [6.45, 7) is 6.21. The monoisotopic (exact) mass is 402 g/mol. The lowest BCUT2D eigenvalue weighted by Crippen LogP contribution is -2.51. The van der Waals surface area contributed by atoms with Crippen molar-refractivity contribution < 1.29 is 9.59 Å². The van der Waals surface area contributed by atoms with Crippen molar-refractivity contribution in [3.05, 3.63) is 12.3 Å². The molecule has 8 nitrogen and oxygen atoms in total. The molecule has 2 amide bonds. The predicted octanol–water partition coefficient (Wildman–Crippen LogP) is 1.16. The van der Waals surface area contributed by atoms with E-state index in [4.69, 9.17) is 0 Å². The highest BCUT2D eigenvalue weighted by Crippen LogP contribution is 2.26. The molecule has 0 aliphatic carbocycles. The van der Waals surface area contributed by atoms with Crippen LogP contribution in [0.1, 0.15) is 38.5 Å². The smallest absolute Gasteiger partial charge is 0.239 e. The fourth-order valence-electron chi connectivity index (χ4n) is 5.05. The molecule has 1 N–H and O–H groups in total. The number of rotatable bonds is 5. The Kier molecular flexibility index (Phi) is 6.50. The third kappa shape index (κ3) is 5.17. The first kappa shape index (κ1) is 20.3. The van der Waals surface area contributed by atoms with E-state index in [1.807, 2.05) is 13.2 Å². The van der Waals surface area contributed by atoms with Crippen molar-refractivity contribution in [1.29, 1.82) is 0 Å². The Morgan fingerprint density at radius 2 is 1.83 bits per heavy atom. The van der Waals surface area contributed by atoms with Gasteiger partial charge in [0, 0.05) is 58.1 Å². The molecule has 1 atom stereocenters. The molecular formula is C21H34N6O2. The molecular weight excluding hydrogens is 368 g/mol. The number of amides is 2. The van der Waals surface area contributed by atoms with Gasteiger partial charge in [-0.1, -0.05) is 0 Å². The fraction of sp³-hybridized carbons (Fsp3) is 0.762. The average molecular weight is 403 g/mol. The molecule has 3 fully saturated rings. The van der Waals surface area contributed by atoms with E-state index in [1.165, 1.54) is 0 Å². The molecule has 4 heterocycles. The lowest BCUT2D eigenvalue weighted by Gasteiger charge is -2.42. The molecule has 160 valence electrons. The van der Waals surface area contributed by atoms with Gasteiger partial charge in [0.2, 0.25) is 11.8 Å². The van der Waals surface area contributed by atoms with Gasteiger partial charge in [-0.2, -0.15) is 5.10 Å². The van der Waals surface area contributed by atoms with Crippen molar-refractivity contribution in [3.63, 3.8) is 0 Å². The normalized spacial score (nSPS) is 24.7. The minimum Gasteiger partial charge on any atom is -0.342 e. The van der Waals surface area contributed by atoms with Crippen LogP contribution in [-0.4, -0.2) is 88.1 Å². The van der Waals surface area contributed by atoms with E-state index >= 15 is 0 Å². The van der Waals surface area contributed by atoms with Crippen LogP contribution in [0.3, 0.4) is 0 Å². The van der Waals surface area contributed by atoms with Gasteiger partial charge in [0.05, 0.1) is 12.5 Å². The van der Waals surface area contributed by atoms with Crippen LogP contribution in [0.4, 0.5) is 5.82 Å². The van der Waals surface area contributed by atoms with E-state index in [9.17, 15) is 9.59 Å². The van der Waals surface area contributed by atoms with Gasteiger partial charge in [-0.05, 0) is 45.1 Å². The lowest BCUT2D eigenvalue weighted by atomic mass is 9.93. The van der Waals surface area contributed by atoms with Gasteiger partial charge in [-0.25, -0.2) is 0 Å². The number of hydrogen-bond acceptors (Lipinski definition) is 5. The summed E-state index contributed by atoms with van der Waals surface area (Å²) < 4.78 is 1.68. The van der Waals surface area contributed by atoms with Gasteiger partial charge in [0.15, 0.2) is 5.82 Å². The number of aryl methyl sites for hydroxylation is 1. The largest absolute Gasteiger partial charge is 0.342 e. The molecule has 4 rings (SSSR count). The minimum absolute atomic E-state index is 0.00334. The molecule has 0 unspecified atom stereocenters. The maximum Gasteiger partial charge on any atom is 0.239 e. The highest BCUT2D eigenvalue weighted by atomic mass is 16.2. The highest BCUT2D eigenvalue weighted by molar-refractivity contribution is 5.91. The Labute approximate surface area is 173 Å². The second-order valence-electron chi connectivity index (χ2n) is 8.80. The third-order valence-electron chi connectivity index (χ3n) is 6.64. The molecule has 0 radical (unpaired) electrons. The number of anilines is 1. The number of hydrogen-bond donors (Lipinski definition) is 1. The third-order valence-corrected chi connectivity index (χ3v) is 6.64. The summed E-state index contributed by atoms with van der Waals surface area (Å²) in [5.74, 6) is 1.17. The molecule has 0 saturated carbocycles. The summed E-state index contributed by atoms with van der Waals surface area (Å²) in [5, 5.41) is 7.06. The van der Waals surface area contributed by atoms with Crippen LogP contribution in [0.15, 0.2) is 12.3 Å². The molecule has 3 aliphatic rings. The topological polar surface area (TPSA) is 73.7 Å². The van der Waals surface area contributed by atoms with Crippen LogP contribution in [0.5, 0.6) is 0 Å². The first-order valence-electron chi connectivity index (χ1n) is 11.1. The minimum atomic E-state index is -0.00334. The summed E-state index contributed by atoms with van der Waals surface area (Å²) in [6.07, 6.45) is 8.45. The van der Waals surface area contributed by atoms with E-state index in [0.717, 1.165) is 77.8 Å². The van der Waals surface area contributed by atoms with Crippen molar-refractivity contribution >= 4 is 17.6 Å². The van der Waals surface area contributed by atoms with Gasteiger partial charge < -0.3 is 10.2 Å². The first-order valence-corrected chi connectivity index (χ1v) is 11.1. The number of aromatic nitrogens is 2. The first-order chi connectivity index (χ1) is 14.1. The molecule has 1 aromatic heterocycles. The van der Waals surface area contributed by atoms with Crippen molar-refractivity contribution in [2.75, 3.05) is 51.1 Å². The van der Waals surface area contributed by atoms with Crippen molar-refractivity contribution in [2.45, 2.75) is 44.6 Å². The summed E-state index contributed by atoms with van der Waals surface area (Å²) in [7, 11) is 1.84. The van der Waals surface area contributed by atoms with E-state index in [1.54, 1.807) is 10.7 Å². The summed E-state index contributed by atoms with van der Waals surface area (Å²) in [5.41, 5.74) is 0. The SMILES string of the molecule is Cn1ccc(NC(=O)CN2CCC(N3CCC[C@@H](C(=O)N4CCCC4)C3)CC2)n1. The maximum atomic E-state index is 12.8. The Hall–Kier alpha value is -1.93. The Morgan fingerprint density at radius 1 is 1.07 bits per heavy atom. The van der Waals surface area contributed by atoms with Crippen LogP contribution in [0.25, 0.3) is 0 Å². The van der Waals surface area contributed by atoms with E-state index < -0.39 is 0 Å². The standard InChI is InChI=1S/C21H34N6O2/c1-24-12-8-19(23-24)22-20(28)16-25-13-6-18(7-14-25)27-11-4-5-17(15-27)21(29)26-9-2-3-10-26/h8,12,17-18H,2-7,9-11,13-16H2,1H3,(H,22,23,28)/t17-/m1/s1. The predicted molar refractivity (Wildman–Crippen MR) is 111 cm³/mol. The fourth-order valence-corrected chi connectivity index (χ4v) is 5.05.